The SMILES string of the molecule is CCCSc1nc2n(n1)C(c1ccncc1)C(C(C)=O)=C(C)N2. The van der Waals surface area contributed by atoms with E-state index in [-0.39, 0.29) is 11.8 Å². The molecule has 0 amide bonds. The predicted octanol–water partition coefficient (Wildman–Crippen LogP) is 3.05. The van der Waals surface area contributed by atoms with Gasteiger partial charge in [0.05, 0.1) is 0 Å². The van der Waals surface area contributed by atoms with E-state index in [1.165, 1.54) is 0 Å². The molecule has 7 heteroatoms. The first-order chi connectivity index (χ1) is 11.1. The van der Waals surface area contributed by atoms with Crippen LogP contribution in [0.4, 0.5) is 5.95 Å². The van der Waals surface area contributed by atoms with E-state index in [1.54, 1.807) is 35.8 Å². The topological polar surface area (TPSA) is 72.7 Å². The van der Waals surface area contributed by atoms with Crippen molar-refractivity contribution in [1.29, 1.82) is 0 Å². The number of carbonyl (C=O) groups excluding carboxylic acids is 1. The third-order valence-corrected chi connectivity index (χ3v) is 4.71. The number of carbonyl (C=O) groups is 1. The summed E-state index contributed by atoms with van der Waals surface area (Å²) in [6.45, 7) is 5.62. The Bertz CT molecular complexity index is 753. The fraction of sp³-hybridized carbons (Fsp3) is 0.375. The van der Waals surface area contributed by atoms with Crippen LogP contribution in [0.5, 0.6) is 0 Å². The Kier molecular flexibility index (Phi) is 4.47. The van der Waals surface area contributed by atoms with Crippen molar-refractivity contribution in [3.05, 3.63) is 41.4 Å². The van der Waals surface area contributed by atoms with Gasteiger partial charge in [-0.05, 0) is 38.0 Å². The highest BCUT2D eigenvalue weighted by molar-refractivity contribution is 7.99. The van der Waals surface area contributed by atoms with E-state index in [1.807, 2.05) is 19.1 Å². The fourth-order valence-electron chi connectivity index (χ4n) is 2.70. The van der Waals surface area contributed by atoms with Crippen LogP contribution in [0.15, 0.2) is 41.0 Å². The molecule has 0 saturated heterocycles. The van der Waals surface area contributed by atoms with Crippen LogP contribution in [0.3, 0.4) is 0 Å². The Balaban J connectivity index is 2.09. The summed E-state index contributed by atoms with van der Waals surface area (Å²) in [5.74, 6) is 1.67. The van der Waals surface area contributed by atoms with E-state index in [0.29, 0.717) is 11.5 Å². The number of aromatic nitrogens is 4. The zero-order valence-corrected chi connectivity index (χ0v) is 14.2. The second-order valence-corrected chi connectivity index (χ2v) is 6.48. The van der Waals surface area contributed by atoms with Crippen LogP contribution in [0, 0.1) is 0 Å². The molecule has 0 bridgehead atoms. The highest BCUT2D eigenvalue weighted by Crippen LogP contribution is 2.36. The lowest BCUT2D eigenvalue weighted by Gasteiger charge is -2.27. The quantitative estimate of drug-likeness (QED) is 0.850. The lowest BCUT2D eigenvalue weighted by Crippen LogP contribution is -2.27. The molecule has 2 aromatic rings. The molecule has 0 aliphatic carbocycles. The number of ketones is 1. The van der Waals surface area contributed by atoms with Crippen molar-refractivity contribution in [3.63, 3.8) is 0 Å². The van der Waals surface area contributed by atoms with Gasteiger partial charge < -0.3 is 5.32 Å². The van der Waals surface area contributed by atoms with Crippen LogP contribution in [-0.4, -0.2) is 31.3 Å². The molecule has 120 valence electrons. The monoisotopic (exact) mass is 329 g/mol. The van der Waals surface area contributed by atoms with Crippen LogP contribution >= 0.6 is 11.8 Å². The molecular formula is C16H19N5OS. The summed E-state index contributed by atoms with van der Waals surface area (Å²) in [6, 6.07) is 3.56. The fourth-order valence-corrected chi connectivity index (χ4v) is 3.38. The molecule has 0 fully saturated rings. The summed E-state index contributed by atoms with van der Waals surface area (Å²) < 4.78 is 1.80. The molecule has 0 radical (unpaired) electrons. The zero-order valence-electron chi connectivity index (χ0n) is 13.4. The first-order valence-corrected chi connectivity index (χ1v) is 8.58. The molecule has 1 aliphatic heterocycles. The third-order valence-electron chi connectivity index (χ3n) is 3.67. The second kappa shape index (κ2) is 6.54. The van der Waals surface area contributed by atoms with Crippen molar-refractivity contribution in [2.24, 2.45) is 0 Å². The van der Waals surface area contributed by atoms with E-state index in [9.17, 15) is 4.79 Å². The van der Waals surface area contributed by atoms with Gasteiger partial charge >= 0.3 is 0 Å². The smallest absolute Gasteiger partial charge is 0.227 e. The lowest BCUT2D eigenvalue weighted by molar-refractivity contribution is -0.114. The van der Waals surface area contributed by atoms with Gasteiger partial charge in [0.15, 0.2) is 5.78 Å². The standard InChI is InChI=1S/C16H19N5OS/c1-4-9-23-16-19-15-18-10(2)13(11(3)22)14(21(15)20-16)12-5-7-17-8-6-12/h5-8,14H,4,9H2,1-3H3,(H,18,19,20). The minimum atomic E-state index is -0.268. The average Bonchev–Trinajstić information content (AvgIpc) is 2.94. The molecule has 1 N–H and O–H groups in total. The van der Waals surface area contributed by atoms with Crippen molar-refractivity contribution in [3.8, 4) is 0 Å². The molecule has 1 aliphatic rings. The molecule has 23 heavy (non-hydrogen) atoms. The molecule has 0 aromatic carbocycles. The zero-order chi connectivity index (χ0) is 16.4. The Morgan fingerprint density at radius 2 is 2.13 bits per heavy atom. The molecule has 3 heterocycles. The van der Waals surface area contributed by atoms with Crippen LogP contribution in [0.1, 0.15) is 38.8 Å². The van der Waals surface area contributed by atoms with Gasteiger partial charge in [-0.15, -0.1) is 5.10 Å². The first kappa shape index (κ1) is 15.7. The van der Waals surface area contributed by atoms with Crippen molar-refractivity contribution < 1.29 is 4.79 Å². The average molecular weight is 329 g/mol. The number of hydrogen-bond acceptors (Lipinski definition) is 6. The Hall–Kier alpha value is -2.15. The van der Waals surface area contributed by atoms with Crippen LogP contribution in [0.2, 0.25) is 0 Å². The number of allylic oxidation sites excluding steroid dienone is 2. The number of Topliss-reactive ketones (excluding diaryl/α,β-unsaturated/α-hetero) is 1. The molecule has 2 aromatic heterocycles. The summed E-state index contributed by atoms with van der Waals surface area (Å²) in [7, 11) is 0. The molecule has 3 rings (SSSR count). The summed E-state index contributed by atoms with van der Waals surface area (Å²) in [4.78, 5) is 20.8. The summed E-state index contributed by atoms with van der Waals surface area (Å²) >= 11 is 1.62. The molecular weight excluding hydrogens is 310 g/mol. The summed E-state index contributed by atoms with van der Waals surface area (Å²) in [6.07, 6.45) is 4.52. The van der Waals surface area contributed by atoms with Gasteiger partial charge in [0.2, 0.25) is 11.1 Å². The van der Waals surface area contributed by atoms with E-state index in [0.717, 1.165) is 28.6 Å². The predicted molar refractivity (Wildman–Crippen MR) is 90.4 cm³/mol. The normalized spacial score (nSPS) is 16.9. The van der Waals surface area contributed by atoms with Gasteiger partial charge in [0, 0.05) is 29.4 Å². The van der Waals surface area contributed by atoms with Gasteiger partial charge in [-0.3, -0.25) is 9.78 Å². The maximum Gasteiger partial charge on any atom is 0.227 e. The molecule has 1 atom stereocenters. The minimum Gasteiger partial charge on any atom is -0.328 e. The number of fused-ring (bicyclic) bond motifs is 1. The first-order valence-electron chi connectivity index (χ1n) is 7.59. The maximum absolute atomic E-state index is 12.2. The summed E-state index contributed by atoms with van der Waals surface area (Å²) in [5.41, 5.74) is 2.51. The van der Waals surface area contributed by atoms with E-state index >= 15 is 0 Å². The van der Waals surface area contributed by atoms with Crippen molar-refractivity contribution in [2.45, 2.75) is 38.4 Å². The van der Waals surface area contributed by atoms with Crippen LogP contribution in [0.25, 0.3) is 0 Å². The molecule has 0 saturated carbocycles. The number of nitrogens with one attached hydrogen (secondary N) is 1. The molecule has 1 unspecified atom stereocenters. The summed E-state index contributed by atoms with van der Waals surface area (Å²) in [5, 5.41) is 8.55. The molecule has 0 spiro atoms. The Morgan fingerprint density at radius 1 is 1.39 bits per heavy atom. The van der Waals surface area contributed by atoms with Gasteiger partial charge in [-0.1, -0.05) is 18.7 Å². The minimum absolute atomic E-state index is 0.0284. The van der Waals surface area contributed by atoms with Crippen LogP contribution < -0.4 is 5.32 Å². The lowest BCUT2D eigenvalue weighted by atomic mass is 9.94. The Morgan fingerprint density at radius 3 is 2.78 bits per heavy atom. The number of rotatable bonds is 5. The number of thioether (sulfide) groups is 1. The number of nitrogens with zero attached hydrogens (tertiary/aromatic N) is 4. The third kappa shape index (κ3) is 3.01. The van der Waals surface area contributed by atoms with Crippen molar-refractivity contribution in [2.75, 3.05) is 11.1 Å². The highest BCUT2D eigenvalue weighted by atomic mass is 32.2. The van der Waals surface area contributed by atoms with E-state index in [4.69, 9.17) is 0 Å². The van der Waals surface area contributed by atoms with Crippen molar-refractivity contribution >= 4 is 23.5 Å². The van der Waals surface area contributed by atoms with Crippen molar-refractivity contribution in [1.82, 2.24) is 19.7 Å². The Labute approximate surface area is 139 Å². The van der Waals surface area contributed by atoms with E-state index < -0.39 is 0 Å². The molecule has 6 nitrogen and oxygen atoms in total. The number of pyridine rings is 1. The second-order valence-electron chi connectivity index (χ2n) is 5.41. The van der Waals surface area contributed by atoms with E-state index in [2.05, 4.69) is 27.3 Å². The van der Waals surface area contributed by atoms with Gasteiger partial charge in [0.1, 0.15) is 6.04 Å². The van der Waals surface area contributed by atoms with Gasteiger partial charge in [-0.2, -0.15) is 4.98 Å². The largest absolute Gasteiger partial charge is 0.328 e. The van der Waals surface area contributed by atoms with Crippen LogP contribution in [-0.2, 0) is 4.79 Å². The van der Waals surface area contributed by atoms with Gasteiger partial charge in [0.25, 0.3) is 0 Å². The highest BCUT2D eigenvalue weighted by Gasteiger charge is 2.32. The maximum atomic E-state index is 12.2. The number of hydrogen-bond donors (Lipinski definition) is 1. The van der Waals surface area contributed by atoms with Gasteiger partial charge in [-0.25, -0.2) is 4.68 Å². The number of anilines is 1.